The van der Waals surface area contributed by atoms with Crippen LogP contribution < -0.4 is 10.1 Å². The molecule has 146 valence electrons. The minimum absolute atomic E-state index is 0.0134. The molecule has 1 heterocycles. The highest BCUT2D eigenvalue weighted by molar-refractivity contribution is 6.07. The number of amidine groups is 1. The first kappa shape index (κ1) is 19.4. The quantitative estimate of drug-likeness (QED) is 0.831. The number of ether oxygens (including phenoxy) is 2. The van der Waals surface area contributed by atoms with E-state index in [0.29, 0.717) is 44.6 Å². The van der Waals surface area contributed by atoms with E-state index >= 15 is 0 Å². The van der Waals surface area contributed by atoms with Crippen molar-refractivity contribution in [3.8, 4) is 5.75 Å². The fourth-order valence-electron chi connectivity index (χ4n) is 3.89. The summed E-state index contributed by atoms with van der Waals surface area (Å²) in [6, 6.07) is 7.31. The molecular weight excluding hydrogens is 346 g/mol. The normalized spacial score (nSPS) is 24.9. The number of carbonyl (C=O) groups is 2. The molecule has 1 saturated carbocycles. The number of hydrogen-bond donors (Lipinski definition) is 1. The van der Waals surface area contributed by atoms with Crippen molar-refractivity contribution in [3.05, 3.63) is 24.3 Å². The Morgan fingerprint density at radius 1 is 1.33 bits per heavy atom. The van der Waals surface area contributed by atoms with Crippen molar-refractivity contribution in [2.45, 2.75) is 38.1 Å². The van der Waals surface area contributed by atoms with E-state index < -0.39 is 5.54 Å². The summed E-state index contributed by atoms with van der Waals surface area (Å²) in [7, 11) is 3.22. The Balaban J connectivity index is 1.60. The third-order valence-corrected chi connectivity index (χ3v) is 5.45. The number of benzene rings is 1. The Bertz CT molecular complexity index is 738. The number of anilines is 1. The minimum atomic E-state index is -0.690. The van der Waals surface area contributed by atoms with Gasteiger partial charge in [-0.05, 0) is 44.7 Å². The molecule has 0 unspecified atom stereocenters. The van der Waals surface area contributed by atoms with E-state index in [1.54, 1.807) is 25.2 Å². The number of hydrogen-bond acceptors (Lipinski definition) is 5. The second-order valence-corrected chi connectivity index (χ2v) is 7.14. The van der Waals surface area contributed by atoms with Gasteiger partial charge in [0.15, 0.2) is 0 Å². The molecule has 1 aliphatic carbocycles. The van der Waals surface area contributed by atoms with Gasteiger partial charge in [-0.15, -0.1) is 0 Å². The van der Waals surface area contributed by atoms with Gasteiger partial charge < -0.3 is 14.8 Å². The number of amides is 2. The molecule has 2 amide bonds. The van der Waals surface area contributed by atoms with Crippen molar-refractivity contribution in [1.82, 2.24) is 4.90 Å². The van der Waals surface area contributed by atoms with Crippen LogP contribution in [-0.2, 0) is 14.3 Å². The van der Waals surface area contributed by atoms with Gasteiger partial charge in [-0.25, -0.2) is 0 Å². The predicted octanol–water partition coefficient (Wildman–Crippen LogP) is 2.47. The highest BCUT2D eigenvalue weighted by Gasteiger charge is 2.49. The van der Waals surface area contributed by atoms with Gasteiger partial charge >= 0.3 is 0 Å². The van der Waals surface area contributed by atoms with Gasteiger partial charge in [0.2, 0.25) is 5.91 Å². The zero-order valence-corrected chi connectivity index (χ0v) is 16.2. The van der Waals surface area contributed by atoms with Crippen LogP contribution in [0.25, 0.3) is 0 Å². The highest BCUT2D eigenvalue weighted by atomic mass is 16.5. The van der Waals surface area contributed by atoms with E-state index in [9.17, 15) is 9.59 Å². The summed E-state index contributed by atoms with van der Waals surface area (Å²) in [6.45, 7) is 2.87. The molecule has 0 radical (unpaired) electrons. The molecule has 1 N–H and O–H groups in total. The Labute approximate surface area is 159 Å². The minimum Gasteiger partial charge on any atom is -0.497 e. The lowest BCUT2D eigenvalue weighted by Gasteiger charge is -2.33. The molecule has 0 bridgehead atoms. The molecule has 1 aliphatic heterocycles. The van der Waals surface area contributed by atoms with Gasteiger partial charge in [-0.2, -0.15) is 0 Å². The average Bonchev–Trinajstić information content (AvgIpc) is 2.90. The SMILES string of the molecule is COCCN1C(=O)C2(CCC(C(=O)Nc3cccc(OC)c3)CC2)N=C1C. The molecule has 0 saturated heterocycles. The molecule has 0 atom stereocenters. The molecule has 1 fully saturated rings. The lowest BCUT2D eigenvalue weighted by molar-refractivity contribution is -0.134. The molecule has 0 aromatic heterocycles. The Kier molecular flexibility index (Phi) is 5.79. The molecule has 1 aromatic carbocycles. The van der Waals surface area contributed by atoms with Gasteiger partial charge in [0.1, 0.15) is 17.1 Å². The van der Waals surface area contributed by atoms with Crippen LogP contribution >= 0.6 is 0 Å². The Morgan fingerprint density at radius 3 is 2.74 bits per heavy atom. The topological polar surface area (TPSA) is 80.2 Å². The summed E-state index contributed by atoms with van der Waals surface area (Å²) in [5, 5.41) is 2.96. The van der Waals surface area contributed by atoms with Crippen molar-refractivity contribution in [3.63, 3.8) is 0 Å². The lowest BCUT2D eigenvalue weighted by Crippen LogP contribution is -2.46. The van der Waals surface area contributed by atoms with Gasteiger partial charge in [-0.1, -0.05) is 6.07 Å². The van der Waals surface area contributed by atoms with Crippen LogP contribution in [0.2, 0.25) is 0 Å². The van der Waals surface area contributed by atoms with E-state index in [1.165, 1.54) is 0 Å². The summed E-state index contributed by atoms with van der Waals surface area (Å²) >= 11 is 0. The molecular formula is C20H27N3O4. The van der Waals surface area contributed by atoms with Crippen LogP contribution in [-0.4, -0.2) is 55.5 Å². The Hall–Kier alpha value is -2.41. The van der Waals surface area contributed by atoms with Crippen LogP contribution in [0.5, 0.6) is 5.75 Å². The van der Waals surface area contributed by atoms with E-state index in [0.717, 1.165) is 11.5 Å². The lowest BCUT2D eigenvalue weighted by atomic mass is 9.76. The van der Waals surface area contributed by atoms with Gasteiger partial charge in [-0.3, -0.25) is 19.5 Å². The number of rotatable bonds is 6. The molecule has 3 rings (SSSR count). The number of nitrogens with zero attached hydrogens (tertiary/aromatic N) is 2. The van der Waals surface area contributed by atoms with Crippen molar-refractivity contribution >= 4 is 23.3 Å². The van der Waals surface area contributed by atoms with E-state index in [1.807, 2.05) is 25.1 Å². The smallest absolute Gasteiger partial charge is 0.255 e. The van der Waals surface area contributed by atoms with E-state index in [4.69, 9.17) is 9.47 Å². The molecule has 2 aliphatic rings. The summed E-state index contributed by atoms with van der Waals surface area (Å²) in [5.74, 6) is 1.37. The number of carbonyl (C=O) groups excluding carboxylic acids is 2. The van der Waals surface area contributed by atoms with Gasteiger partial charge in [0.05, 0.1) is 20.3 Å². The first-order chi connectivity index (χ1) is 13.0. The Morgan fingerprint density at radius 2 is 2.07 bits per heavy atom. The van der Waals surface area contributed by atoms with Crippen LogP contribution in [0.15, 0.2) is 29.3 Å². The number of aliphatic imine (C=N–C) groups is 1. The number of methoxy groups -OCH3 is 2. The fourth-order valence-corrected chi connectivity index (χ4v) is 3.89. The van der Waals surface area contributed by atoms with Crippen molar-refractivity contribution in [2.75, 3.05) is 32.7 Å². The summed E-state index contributed by atoms with van der Waals surface area (Å²) in [4.78, 5) is 31.9. The maximum absolute atomic E-state index is 12.9. The van der Waals surface area contributed by atoms with Gasteiger partial charge in [0, 0.05) is 24.8 Å². The van der Waals surface area contributed by atoms with E-state index in [-0.39, 0.29) is 17.7 Å². The zero-order chi connectivity index (χ0) is 19.4. The second kappa shape index (κ2) is 8.08. The molecule has 7 heteroatoms. The molecule has 1 spiro atoms. The largest absolute Gasteiger partial charge is 0.497 e. The average molecular weight is 373 g/mol. The van der Waals surface area contributed by atoms with Crippen LogP contribution in [0.4, 0.5) is 5.69 Å². The van der Waals surface area contributed by atoms with Crippen molar-refractivity contribution in [1.29, 1.82) is 0 Å². The summed E-state index contributed by atoms with van der Waals surface area (Å²) in [5.41, 5.74) is 0.0288. The predicted molar refractivity (Wildman–Crippen MR) is 103 cm³/mol. The first-order valence-electron chi connectivity index (χ1n) is 9.31. The summed E-state index contributed by atoms with van der Waals surface area (Å²) in [6.07, 6.45) is 2.50. The number of nitrogens with one attached hydrogen (secondary N) is 1. The molecule has 7 nitrogen and oxygen atoms in total. The monoisotopic (exact) mass is 373 g/mol. The van der Waals surface area contributed by atoms with Crippen LogP contribution in [0.1, 0.15) is 32.6 Å². The molecule has 27 heavy (non-hydrogen) atoms. The highest BCUT2D eigenvalue weighted by Crippen LogP contribution is 2.40. The molecule has 1 aromatic rings. The first-order valence-corrected chi connectivity index (χ1v) is 9.31. The standard InChI is InChI=1S/C20H27N3O4/c1-14-22-20(19(25)23(14)11-12-26-2)9-7-15(8-10-20)18(24)21-16-5-4-6-17(13-16)27-3/h4-6,13,15H,7-12H2,1-3H3,(H,21,24). The van der Waals surface area contributed by atoms with E-state index in [2.05, 4.69) is 10.3 Å². The maximum atomic E-state index is 12.9. The van der Waals surface area contributed by atoms with Crippen LogP contribution in [0.3, 0.4) is 0 Å². The zero-order valence-electron chi connectivity index (χ0n) is 16.2. The fraction of sp³-hybridized carbons (Fsp3) is 0.550. The summed E-state index contributed by atoms with van der Waals surface area (Å²) < 4.78 is 10.3. The third kappa shape index (κ3) is 3.98. The second-order valence-electron chi connectivity index (χ2n) is 7.14. The maximum Gasteiger partial charge on any atom is 0.255 e. The van der Waals surface area contributed by atoms with Gasteiger partial charge in [0.25, 0.3) is 5.91 Å². The van der Waals surface area contributed by atoms with Crippen molar-refractivity contribution < 1.29 is 19.1 Å². The third-order valence-electron chi connectivity index (χ3n) is 5.45. The van der Waals surface area contributed by atoms with Crippen LogP contribution in [0, 0.1) is 5.92 Å². The van der Waals surface area contributed by atoms with Crippen molar-refractivity contribution in [2.24, 2.45) is 10.9 Å².